The Hall–Kier alpha value is -3.84. The summed E-state index contributed by atoms with van der Waals surface area (Å²) >= 11 is 5.84. The number of rotatable bonds is 7. The molecule has 0 unspecified atom stereocenters. The van der Waals surface area contributed by atoms with Crippen LogP contribution in [0.1, 0.15) is 26.3 Å². The monoisotopic (exact) mass is 450 g/mol. The van der Waals surface area contributed by atoms with E-state index < -0.39 is 5.91 Å². The van der Waals surface area contributed by atoms with Gasteiger partial charge in [-0.1, -0.05) is 30.3 Å². The fraction of sp³-hybridized carbons (Fsp3) is 0.125. The topological polar surface area (TPSA) is 83.6 Å². The summed E-state index contributed by atoms with van der Waals surface area (Å²) in [6, 6.07) is 15.1. The first kappa shape index (κ1) is 22.8. The molecule has 7 nitrogen and oxygen atoms in total. The van der Waals surface area contributed by atoms with Crippen molar-refractivity contribution in [1.29, 1.82) is 0 Å². The number of methoxy groups -OCH3 is 1. The van der Waals surface area contributed by atoms with Gasteiger partial charge in [0.1, 0.15) is 11.6 Å². The highest BCUT2D eigenvalue weighted by molar-refractivity contribution is 6.30. The lowest BCUT2D eigenvalue weighted by molar-refractivity contribution is 0.102. The Balaban J connectivity index is 1.82. The average molecular weight is 451 g/mol. The second-order valence-corrected chi connectivity index (χ2v) is 7.54. The highest BCUT2D eigenvalue weighted by Gasteiger charge is 2.17. The first-order chi connectivity index (χ1) is 15.3. The second-order valence-electron chi connectivity index (χ2n) is 7.10. The summed E-state index contributed by atoms with van der Waals surface area (Å²) in [5.74, 6) is 0.00229. The standard InChI is InChI=1S/C24H23ClN4O3/c1-15(29(2)3)16-5-7-17(8-6-16)23(30)27-21-11-10-19(32-4)13-20(21)24(31)28-22-12-9-18(25)14-26-22/h5-14H,1H2,2-4H3,(H,27,30)(H,26,28,31). The van der Waals surface area contributed by atoms with E-state index in [4.69, 9.17) is 16.3 Å². The molecule has 8 heteroatoms. The minimum absolute atomic E-state index is 0.229. The maximum Gasteiger partial charge on any atom is 0.259 e. The number of nitrogens with one attached hydrogen (secondary N) is 2. The number of ether oxygens (including phenoxy) is 1. The first-order valence-corrected chi connectivity index (χ1v) is 10.0. The molecule has 0 fully saturated rings. The van der Waals surface area contributed by atoms with Crippen LogP contribution < -0.4 is 15.4 Å². The minimum Gasteiger partial charge on any atom is -0.497 e. The summed E-state index contributed by atoms with van der Waals surface area (Å²) in [6.07, 6.45) is 1.43. The van der Waals surface area contributed by atoms with Crippen LogP contribution in [-0.2, 0) is 0 Å². The van der Waals surface area contributed by atoms with Crippen LogP contribution in [0.2, 0.25) is 5.02 Å². The van der Waals surface area contributed by atoms with Gasteiger partial charge in [0, 0.05) is 31.6 Å². The highest BCUT2D eigenvalue weighted by Crippen LogP contribution is 2.24. The molecule has 3 rings (SSSR count). The molecule has 32 heavy (non-hydrogen) atoms. The molecule has 0 spiro atoms. The van der Waals surface area contributed by atoms with E-state index in [-0.39, 0.29) is 11.5 Å². The first-order valence-electron chi connectivity index (χ1n) is 9.67. The molecule has 3 aromatic rings. The number of halogens is 1. The number of amides is 2. The number of carbonyl (C=O) groups is 2. The summed E-state index contributed by atoms with van der Waals surface area (Å²) in [4.78, 5) is 31.7. The van der Waals surface area contributed by atoms with Gasteiger partial charge in [-0.2, -0.15) is 0 Å². The van der Waals surface area contributed by atoms with E-state index in [1.165, 1.54) is 13.3 Å². The molecular formula is C24H23ClN4O3. The van der Waals surface area contributed by atoms with Gasteiger partial charge in [0.2, 0.25) is 0 Å². The Labute approximate surface area is 191 Å². The Morgan fingerprint density at radius 3 is 2.25 bits per heavy atom. The second kappa shape index (κ2) is 9.98. The van der Waals surface area contributed by atoms with E-state index in [2.05, 4.69) is 22.2 Å². The van der Waals surface area contributed by atoms with Crippen LogP contribution in [0.3, 0.4) is 0 Å². The third-order valence-corrected chi connectivity index (χ3v) is 4.93. The number of pyridine rings is 1. The highest BCUT2D eigenvalue weighted by atomic mass is 35.5. The number of aromatic nitrogens is 1. The van der Waals surface area contributed by atoms with Gasteiger partial charge in [-0.15, -0.1) is 0 Å². The molecule has 0 aliphatic carbocycles. The molecule has 0 aliphatic rings. The predicted octanol–water partition coefficient (Wildman–Crippen LogP) is 4.78. The summed E-state index contributed by atoms with van der Waals surface area (Å²) in [7, 11) is 5.30. The van der Waals surface area contributed by atoms with Gasteiger partial charge in [-0.05, 0) is 48.0 Å². The number of anilines is 2. The number of hydrogen-bond donors (Lipinski definition) is 2. The van der Waals surface area contributed by atoms with Crippen LogP contribution in [0.5, 0.6) is 5.75 Å². The van der Waals surface area contributed by atoms with Gasteiger partial charge in [0.25, 0.3) is 11.8 Å². The van der Waals surface area contributed by atoms with Crippen molar-refractivity contribution in [2.45, 2.75) is 0 Å². The zero-order valence-corrected chi connectivity index (χ0v) is 18.7. The molecule has 2 amide bonds. The van der Waals surface area contributed by atoms with Crippen molar-refractivity contribution in [2.75, 3.05) is 31.8 Å². The lowest BCUT2D eigenvalue weighted by atomic mass is 10.1. The smallest absolute Gasteiger partial charge is 0.259 e. The van der Waals surface area contributed by atoms with Crippen LogP contribution >= 0.6 is 11.6 Å². The maximum atomic E-state index is 12.9. The molecule has 1 heterocycles. The largest absolute Gasteiger partial charge is 0.497 e. The van der Waals surface area contributed by atoms with Gasteiger partial charge in [-0.3, -0.25) is 9.59 Å². The third kappa shape index (κ3) is 5.44. The molecule has 0 aliphatic heterocycles. The van der Waals surface area contributed by atoms with Gasteiger partial charge >= 0.3 is 0 Å². The maximum absolute atomic E-state index is 12.9. The zero-order chi connectivity index (χ0) is 23.3. The van der Waals surface area contributed by atoms with Gasteiger partial charge in [-0.25, -0.2) is 4.98 Å². The quantitative estimate of drug-likeness (QED) is 0.541. The van der Waals surface area contributed by atoms with E-state index in [9.17, 15) is 9.59 Å². The molecule has 2 N–H and O–H groups in total. The van der Waals surface area contributed by atoms with E-state index in [1.54, 1.807) is 42.5 Å². The van der Waals surface area contributed by atoms with Gasteiger partial charge < -0.3 is 20.3 Å². The molecule has 0 atom stereocenters. The fourth-order valence-electron chi connectivity index (χ4n) is 2.85. The third-order valence-electron chi connectivity index (χ3n) is 4.71. The molecule has 0 bridgehead atoms. The molecule has 164 valence electrons. The molecule has 0 radical (unpaired) electrons. The zero-order valence-electron chi connectivity index (χ0n) is 18.0. The number of benzene rings is 2. The summed E-state index contributed by atoms with van der Waals surface area (Å²) in [5, 5.41) is 5.94. The molecule has 0 saturated carbocycles. The van der Waals surface area contributed by atoms with Crippen LogP contribution in [0.4, 0.5) is 11.5 Å². The van der Waals surface area contributed by atoms with Crippen molar-refractivity contribution in [3.63, 3.8) is 0 Å². The fourth-order valence-corrected chi connectivity index (χ4v) is 2.96. The van der Waals surface area contributed by atoms with Gasteiger partial charge in [0.15, 0.2) is 0 Å². The average Bonchev–Trinajstić information content (AvgIpc) is 2.80. The molecular weight excluding hydrogens is 428 g/mol. The van der Waals surface area contributed by atoms with Crippen LogP contribution in [-0.4, -0.2) is 42.9 Å². The van der Waals surface area contributed by atoms with E-state index in [1.807, 2.05) is 31.1 Å². The summed E-state index contributed by atoms with van der Waals surface area (Å²) in [6.45, 7) is 4.01. The van der Waals surface area contributed by atoms with Crippen molar-refractivity contribution >= 4 is 40.6 Å². The Kier molecular flexibility index (Phi) is 7.12. The van der Waals surface area contributed by atoms with Crippen LogP contribution in [0.15, 0.2) is 67.4 Å². The van der Waals surface area contributed by atoms with Crippen molar-refractivity contribution in [1.82, 2.24) is 9.88 Å². The normalized spacial score (nSPS) is 10.2. The number of nitrogens with zero attached hydrogens (tertiary/aromatic N) is 2. The predicted molar refractivity (Wildman–Crippen MR) is 127 cm³/mol. The molecule has 1 aromatic heterocycles. The van der Waals surface area contributed by atoms with E-state index in [0.29, 0.717) is 27.8 Å². The summed E-state index contributed by atoms with van der Waals surface area (Å²) in [5.41, 5.74) is 2.76. The lowest BCUT2D eigenvalue weighted by Gasteiger charge is -2.16. The van der Waals surface area contributed by atoms with Crippen molar-refractivity contribution in [3.8, 4) is 5.75 Å². The van der Waals surface area contributed by atoms with Crippen molar-refractivity contribution < 1.29 is 14.3 Å². The van der Waals surface area contributed by atoms with Crippen LogP contribution in [0.25, 0.3) is 5.70 Å². The number of carbonyl (C=O) groups excluding carboxylic acids is 2. The number of hydrogen-bond acceptors (Lipinski definition) is 5. The SMILES string of the molecule is C=C(c1ccc(C(=O)Nc2ccc(OC)cc2C(=O)Nc2ccc(Cl)cn2)cc1)N(C)C. The Bertz CT molecular complexity index is 1140. The minimum atomic E-state index is -0.452. The van der Waals surface area contributed by atoms with Crippen molar-refractivity contribution in [2.24, 2.45) is 0 Å². The van der Waals surface area contributed by atoms with Crippen molar-refractivity contribution in [3.05, 3.63) is 89.1 Å². The summed E-state index contributed by atoms with van der Waals surface area (Å²) < 4.78 is 5.23. The van der Waals surface area contributed by atoms with Gasteiger partial charge in [0.05, 0.1) is 23.4 Å². The van der Waals surface area contributed by atoms with Crippen LogP contribution in [0, 0.1) is 0 Å². The Morgan fingerprint density at radius 1 is 0.969 bits per heavy atom. The molecule has 2 aromatic carbocycles. The Morgan fingerprint density at radius 2 is 1.66 bits per heavy atom. The van der Waals surface area contributed by atoms with E-state index >= 15 is 0 Å². The van der Waals surface area contributed by atoms with E-state index in [0.717, 1.165) is 11.3 Å². The lowest BCUT2D eigenvalue weighted by Crippen LogP contribution is -2.19. The molecule has 0 saturated heterocycles.